The molecule has 0 spiro atoms. The Hall–Kier alpha value is -0.830. The minimum absolute atomic E-state index is 0.115. The van der Waals surface area contributed by atoms with Gasteiger partial charge in [-0.3, -0.25) is 10.1 Å². The first kappa shape index (κ1) is 17.5. The van der Waals surface area contributed by atoms with Crippen molar-refractivity contribution in [2.45, 2.75) is 79.4 Å². The summed E-state index contributed by atoms with van der Waals surface area (Å²) in [5.74, 6) is 2.32. The van der Waals surface area contributed by atoms with Crippen LogP contribution in [0.15, 0.2) is 11.1 Å². The molecule has 0 aromatic carbocycles. The highest BCUT2D eigenvalue weighted by molar-refractivity contribution is 5.96. The fourth-order valence-electron chi connectivity index (χ4n) is 3.80. The Kier molecular flexibility index (Phi) is 5.70. The summed E-state index contributed by atoms with van der Waals surface area (Å²) in [6.07, 6.45) is 5.07. The second-order valence-corrected chi connectivity index (χ2v) is 7.93. The van der Waals surface area contributed by atoms with Crippen molar-refractivity contribution in [1.29, 1.82) is 0 Å². The van der Waals surface area contributed by atoms with Crippen LogP contribution in [-0.2, 0) is 4.79 Å². The SMILES string of the molecule is CC1=C(C)[C@H](N[C@@H]2CCC[C@H](C)[C@H]2C)N(CCC(C)C)C1=O. The highest BCUT2D eigenvalue weighted by Crippen LogP contribution is 2.32. The Balaban J connectivity index is 2.09. The fraction of sp³-hybridized carbons (Fsp3) is 0.842. The maximum absolute atomic E-state index is 12.6. The van der Waals surface area contributed by atoms with E-state index in [1.54, 1.807) is 0 Å². The predicted molar refractivity (Wildman–Crippen MR) is 92.4 cm³/mol. The summed E-state index contributed by atoms with van der Waals surface area (Å²) < 4.78 is 0. The van der Waals surface area contributed by atoms with E-state index in [1.807, 2.05) is 6.92 Å². The van der Waals surface area contributed by atoms with E-state index in [4.69, 9.17) is 0 Å². The average molecular weight is 306 g/mol. The van der Waals surface area contributed by atoms with Crippen LogP contribution in [0.1, 0.15) is 67.2 Å². The first-order valence-corrected chi connectivity index (χ1v) is 9.07. The van der Waals surface area contributed by atoms with E-state index < -0.39 is 0 Å². The quantitative estimate of drug-likeness (QED) is 0.834. The minimum Gasteiger partial charge on any atom is -0.319 e. The van der Waals surface area contributed by atoms with Crippen molar-refractivity contribution in [2.75, 3.05) is 6.54 Å². The van der Waals surface area contributed by atoms with Crippen LogP contribution in [0.2, 0.25) is 0 Å². The fourth-order valence-corrected chi connectivity index (χ4v) is 3.80. The average Bonchev–Trinajstić information content (AvgIpc) is 2.66. The lowest BCUT2D eigenvalue weighted by Gasteiger charge is -2.39. The normalized spacial score (nSPS) is 33.2. The molecule has 2 aliphatic rings. The number of amides is 1. The van der Waals surface area contributed by atoms with Crippen molar-refractivity contribution in [3.05, 3.63) is 11.1 Å². The number of nitrogens with one attached hydrogen (secondary N) is 1. The summed E-state index contributed by atoms with van der Waals surface area (Å²) in [5.41, 5.74) is 2.16. The molecule has 4 atom stereocenters. The Bertz CT molecular complexity index is 441. The molecule has 0 unspecified atom stereocenters. The van der Waals surface area contributed by atoms with Gasteiger partial charge in [-0.05, 0) is 50.0 Å². The third-order valence-electron chi connectivity index (χ3n) is 5.92. The largest absolute Gasteiger partial charge is 0.319 e. The Morgan fingerprint density at radius 1 is 1.23 bits per heavy atom. The molecule has 0 saturated heterocycles. The van der Waals surface area contributed by atoms with Crippen molar-refractivity contribution in [1.82, 2.24) is 10.2 Å². The lowest BCUT2D eigenvalue weighted by molar-refractivity contribution is -0.127. The monoisotopic (exact) mass is 306 g/mol. The van der Waals surface area contributed by atoms with Crippen molar-refractivity contribution in [3.8, 4) is 0 Å². The van der Waals surface area contributed by atoms with Gasteiger partial charge < -0.3 is 4.90 Å². The molecule has 2 rings (SSSR count). The number of hydrogen-bond donors (Lipinski definition) is 1. The molecule has 126 valence electrons. The molecular formula is C19H34N2O. The van der Waals surface area contributed by atoms with E-state index in [1.165, 1.54) is 24.8 Å². The van der Waals surface area contributed by atoms with E-state index in [9.17, 15) is 4.79 Å². The molecule has 1 N–H and O–H groups in total. The van der Waals surface area contributed by atoms with E-state index in [2.05, 4.69) is 44.8 Å². The molecule has 1 heterocycles. The lowest BCUT2D eigenvalue weighted by Crippen LogP contribution is -2.53. The molecular weight excluding hydrogens is 272 g/mol. The van der Waals surface area contributed by atoms with Crippen LogP contribution in [-0.4, -0.2) is 29.6 Å². The van der Waals surface area contributed by atoms with Gasteiger partial charge in [-0.25, -0.2) is 0 Å². The highest BCUT2D eigenvalue weighted by atomic mass is 16.2. The third-order valence-corrected chi connectivity index (χ3v) is 5.92. The maximum atomic E-state index is 12.6. The van der Waals surface area contributed by atoms with Crippen LogP contribution in [0.5, 0.6) is 0 Å². The molecule has 3 heteroatoms. The molecule has 1 aliphatic heterocycles. The van der Waals surface area contributed by atoms with Gasteiger partial charge in [0.05, 0.1) is 0 Å². The summed E-state index contributed by atoms with van der Waals surface area (Å²) >= 11 is 0. The topological polar surface area (TPSA) is 32.3 Å². The predicted octanol–water partition coefficient (Wildman–Crippen LogP) is 3.95. The molecule has 0 radical (unpaired) electrons. The van der Waals surface area contributed by atoms with Crippen LogP contribution in [0, 0.1) is 17.8 Å². The maximum Gasteiger partial charge on any atom is 0.251 e. The van der Waals surface area contributed by atoms with E-state index in [0.717, 1.165) is 24.5 Å². The first-order chi connectivity index (χ1) is 10.3. The van der Waals surface area contributed by atoms with E-state index >= 15 is 0 Å². The number of carbonyl (C=O) groups is 1. The van der Waals surface area contributed by atoms with Gasteiger partial charge in [0.2, 0.25) is 0 Å². The highest BCUT2D eigenvalue weighted by Gasteiger charge is 2.37. The number of nitrogens with zero attached hydrogens (tertiary/aromatic N) is 1. The smallest absolute Gasteiger partial charge is 0.251 e. The molecule has 0 bridgehead atoms. The van der Waals surface area contributed by atoms with Crippen molar-refractivity contribution in [2.24, 2.45) is 17.8 Å². The van der Waals surface area contributed by atoms with Gasteiger partial charge in [-0.2, -0.15) is 0 Å². The summed E-state index contributed by atoms with van der Waals surface area (Å²) in [7, 11) is 0. The van der Waals surface area contributed by atoms with Crippen LogP contribution >= 0.6 is 0 Å². The summed E-state index contributed by atoms with van der Waals surface area (Å²) in [5, 5.41) is 3.83. The molecule has 1 saturated carbocycles. The van der Waals surface area contributed by atoms with Gasteiger partial charge >= 0.3 is 0 Å². The molecule has 1 aliphatic carbocycles. The molecule has 0 aromatic rings. The molecule has 1 amide bonds. The van der Waals surface area contributed by atoms with E-state index in [-0.39, 0.29) is 12.1 Å². The number of hydrogen-bond acceptors (Lipinski definition) is 2. The zero-order chi connectivity index (χ0) is 16.4. The molecule has 0 aromatic heterocycles. The van der Waals surface area contributed by atoms with Gasteiger partial charge in [0.15, 0.2) is 0 Å². The molecule has 1 fully saturated rings. The second-order valence-electron chi connectivity index (χ2n) is 7.93. The van der Waals surface area contributed by atoms with Crippen LogP contribution in [0.25, 0.3) is 0 Å². The minimum atomic E-state index is 0.115. The van der Waals surface area contributed by atoms with Crippen LogP contribution in [0.3, 0.4) is 0 Å². The van der Waals surface area contributed by atoms with Gasteiger partial charge in [-0.15, -0.1) is 0 Å². The molecule has 3 nitrogen and oxygen atoms in total. The van der Waals surface area contributed by atoms with Gasteiger partial charge in [0, 0.05) is 18.2 Å². The molecule has 22 heavy (non-hydrogen) atoms. The van der Waals surface area contributed by atoms with Gasteiger partial charge in [-0.1, -0.05) is 40.5 Å². The van der Waals surface area contributed by atoms with Crippen LogP contribution < -0.4 is 5.32 Å². The summed E-state index contributed by atoms with van der Waals surface area (Å²) in [6, 6.07) is 0.531. The standard InChI is InChI=1S/C19H34N2O/c1-12(2)10-11-21-18(15(5)16(6)19(21)22)20-17-9-7-8-13(3)14(17)4/h12-14,17-18,20H,7-11H2,1-6H3/t13-,14+,17+,18+/m0/s1. The summed E-state index contributed by atoms with van der Waals surface area (Å²) in [4.78, 5) is 14.6. The Labute approximate surface area is 136 Å². The summed E-state index contributed by atoms with van der Waals surface area (Å²) in [6.45, 7) is 14.1. The first-order valence-electron chi connectivity index (χ1n) is 9.07. The zero-order valence-corrected chi connectivity index (χ0v) is 15.3. The third kappa shape index (κ3) is 3.56. The lowest BCUT2D eigenvalue weighted by atomic mass is 9.78. The van der Waals surface area contributed by atoms with Crippen molar-refractivity contribution >= 4 is 5.91 Å². The van der Waals surface area contributed by atoms with Crippen molar-refractivity contribution < 1.29 is 4.79 Å². The van der Waals surface area contributed by atoms with Gasteiger partial charge in [0.25, 0.3) is 5.91 Å². The van der Waals surface area contributed by atoms with Gasteiger partial charge in [0.1, 0.15) is 6.17 Å². The zero-order valence-electron chi connectivity index (χ0n) is 15.3. The Morgan fingerprint density at radius 2 is 1.91 bits per heavy atom. The van der Waals surface area contributed by atoms with Crippen molar-refractivity contribution in [3.63, 3.8) is 0 Å². The number of carbonyl (C=O) groups excluding carboxylic acids is 1. The van der Waals surface area contributed by atoms with E-state index in [0.29, 0.717) is 17.9 Å². The number of rotatable bonds is 5. The Morgan fingerprint density at radius 3 is 2.55 bits per heavy atom. The second kappa shape index (κ2) is 7.16. The van der Waals surface area contributed by atoms with Crippen LogP contribution in [0.4, 0.5) is 0 Å².